The van der Waals surface area contributed by atoms with E-state index in [4.69, 9.17) is 0 Å². The molecule has 1 unspecified atom stereocenters. The van der Waals surface area contributed by atoms with Gasteiger partial charge in [0.15, 0.2) is 0 Å². The van der Waals surface area contributed by atoms with E-state index in [9.17, 15) is 0 Å². The molecule has 0 bridgehead atoms. The molecule has 2 aromatic rings. The topological polar surface area (TPSA) is 62.7 Å². The van der Waals surface area contributed by atoms with E-state index in [1.807, 2.05) is 6.92 Å². The van der Waals surface area contributed by atoms with Crippen LogP contribution in [0.3, 0.4) is 0 Å². The lowest BCUT2D eigenvalue weighted by Crippen LogP contribution is -2.20. The summed E-state index contributed by atoms with van der Waals surface area (Å²) in [5.41, 5.74) is 3.40. The fourth-order valence-electron chi connectivity index (χ4n) is 2.71. The van der Waals surface area contributed by atoms with Crippen LogP contribution in [0.4, 0.5) is 17.6 Å². The molecular weight excluding hydrogens is 286 g/mol. The summed E-state index contributed by atoms with van der Waals surface area (Å²) in [6, 6.07) is 6.53. The molecule has 0 saturated carbocycles. The standard InChI is InChI=1S/C18H27N5/c1-11(2)10-14(5)19-17-20-15(6)21-18(23-17)22-16-12(3)8-7-9-13(16)4/h7-9,11,14H,10H2,1-6H3,(H2,19,20,21,22,23). The number of hydrogen-bond acceptors (Lipinski definition) is 5. The van der Waals surface area contributed by atoms with Gasteiger partial charge in [0.1, 0.15) is 5.82 Å². The monoisotopic (exact) mass is 313 g/mol. The maximum absolute atomic E-state index is 4.51. The summed E-state index contributed by atoms with van der Waals surface area (Å²) in [7, 11) is 0. The number of para-hydroxylation sites is 1. The molecule has 0 fully saturated rings. The molecule has 2 N–H and O–H groups in total. The third-order valence-electron chi connectivity index (χ3n) is 3.67. The predicted molar refractivity (Wildman–Crippen MR) is 96.3 cm³/mol. The van der Waals surface area contributed by atoms with Crippen molar-refractivity contribution in [1.29, 1.82) is 0 Å². The molecule has 5 heteroatoms. The summed E-state index contributed by atoms with van der Waals surface area (Å²) in [6.45, 7) is 12.6. The molecule has 23 heavy (non-hydrogen) atoms. The van der Waals surface area contributed by atoms with Gasteiger partial charge < -0.3 is 10.6 Å². The van der Waals surface area contributed by atoms with Gasteiger partial charge in [-0.25, -0.2) is 0 Å². The first-order chi connectivity index (χ1) is 10.8. The Morgan fingerprint density at radius 3 is 2.13 bits per heavy atom. The van der Waals surface area contributed by atoms with E-state index in [0.717, 1.165) is 12.1 Å². The zero-order valence-corrected chi connectivity index (χ0v) is 14.9. The molecule has 1 heterocycles. The van der Waals surface area contributed by atoms with Crippen molar-refractivity contribution in [2.45, 2.75) is 54.0 Å². The number of nitrogens with one attached hydrogen (secondary N) is 2. The van der Waals surface area contributed by atoms with E-state index in [-0.39, 0.29) is 0 Å². The van der Waals surface area contributed by atoms with Crippen LogP contribution in [0.15, 0.2) is 18.2 Å². The van der Waals surface area contributed by atoms with Gasteiger partial charge in [-0.15, -0.1) is 0 Å². The van der Waals surface area contributed by atoms with Crippen molar-refractivity contribution in [1.82, 2.24) is 15.0 Å². The molecule has 1 aromatic heterocycles. The molecule has 0 aliphatic heterocycles. The van der Waals surface area contributed by atoms with E-state index in [1.165, 1.54) is 11.1 Å². The maximum atomic E-state index is 4.51. The summed E-state index contributed by atoms with van der Waals surface area (Å²) >= 11 is 0. The van der Waals surface area contributed by atoms with E-state index < -0.39 is 0 Å². The Hall–Kier alpha value is -2.17. The van der Waals surface area contributed by atoms with Crippen LogP contribution >= 0.6 is 0 Å². The minimum Gasteiger partial charge on any atom is -0.352 e. The molecule has 1 atom stereocenters. The van der Waals surface area contributed by atoms with Crippen molar-refractivity contribution in [2.75, 3.05) is 10.6 Å². The van der Waals surface area contributed by atoms with Crippen LogP contribution in [-0.2, 0) is 0 Å². The van der Waals surface area contributed by atoms with Crippen LogP contribution in [0.2, 0.25) is 0 Å². The molecule has 124 valence electrons. The number of hydrogen-bond donors (Lipinski definition) is 2. The fraction of sp³-hybridized carbons (Fsp3) is 0.500. The molecule has 2 rings (SSSR count). The Kier molecular flexibility index (Phi) is 5.53. The van der Waals surface area contributed by atoms with Crippen molar-refractivity contribution in [3.8, 4) is 0 Å². The molecule has 5 nitrogen and oxygen atoms in total. The zero-order valence-electron chi connectivity index (χ0n) is 14.9. The van der Waals surface area contributed by atoms with Crippen LogP contribution in [0.25, 0.3) is 0 Å². The molecule has 1 aromatic carbocycles. The fourth-order valence-corrected chi connectivity index (χ4v) is 2.71. The van der Waals surface area contributed by atoms with Crippen LogP contribution < -0.4 is 10.6 Å². The minimum absolute atomic E-state index is 0.324. The highest BCUT2D eigenvalue weighted by molar-refractivity contribution is 5.63. The highest BCUT2D eigenvalue weighted by Crippen LogP contribution is 2.23. The Balaban J connectivity index is 2.20. The van der Waals surface area contributed by atoms with Gasteiger partial charge in [0, 0.05) is 11.7 Å². The highest BCUT2D eigenvalue weighted by Gasteiger charge is 2.10. The van der Waals surface area contributed by atoms with Crippen molar-refractivity contribution < 1.29 is 0 Å². The van der Waals surface area contributed by atoms with Crippen molar-refractivity contribution >= 4 is 17.6 Å². The number of aromatic nitrogens is 3. The molecule has 0 saturated heterocycles. The molecule has 0 spiro atoms. The number of rotatable bonds is 6. The van der Waals surface area contributed by atoms with Crippen LogP contribution in [0, 0.1) is 26.7 Å². The van der Waals surface area contributed by atoms with Crippen LogP contribution in [-0.4, -0.2) is 21.0 Å². The van der Waals surface area contributed by atoms with Crippen molar-refractivity contribution in [3.05, 3.63) is 35.2 Å². The highest BCUT2D eigenvalue weighted by atomic mass is 15.2. The van der Waals surface area contributed by atoms with E-state index in [1.54, 1.807) is 0 Å². The quantitative estimate of drug-likeness (QED) is 0.828. The lowest BCUT2D eigenvalue weighted by atomic mass is 10.1. The third kappa shape index (κ3) is 4.91. The largest absolute Gasteiger partial charge is 0.352 e. The average Bonchev–Trinajstić information content (AvgIpc) is 2.41. The summed E-state index contributed by atoms with van der Waals surface area (Å²) in [4.78, 5) is 13.3. The van der Waals surface area contributed by atoms with Gasteiger partial charge in [-0.3, -0.25) is 0 Å². The first-order valence-electron chi connectivity index (χ1n) is 8.17. The molecule has 0 amide bonds. The smallest absolute Gasteiger partial charge is 0.232 e. The summed E-state index contributed by atoms with van der Waals surface area (Å²) in [6.07, 6.45) is 1.07. The van der Waals surface area contributed by atoms with E-state index >= 15 is 0 Å². The SMILES string of the molecule is Cc1nc(Nc2c(C)cccc2C)nc(NC(C)CC(C)C)n1. The average molecular weight is 313 g/mol. The number of aryl methyl sites for hydroxylation is 3. The van der Waals surface area contributed by atoms with Crippen LogP contribution in [0.1, 0.15) is 44.1 Å². The Morgan fingerprint density at radius 1 is 0.913 bits per heavy atom. The Labute approximate surface area is 139 Å². The second kappa shape index (κ2) is 7.40. The maximum Gasteiger partial charge on any atom is 0.232 e. The van der Waals surface area contributed by atoms with Gasteiger partial charge in [-0.2, -0.15) is 15.0 Å². The molecule has 0 aliphatic rings. The lowest BCUT2D eigenvalue weighted by Gasteiger charge is -2.17. The van der Waals surface area contributed by atoms with Gasteiger partial charge in [0.05, 0.1) is 0 Å². The summed E-state index contributed by atoms with van der Waals surface area (Å²) in [5, 5.41) is 6.70. The van der Waals surface area contributed by atoms with Gasteiger partial charge in [-0.05, 0) is 51.2 Å². The minimum atomic E-state index is 0.324. The van der Waals surface area contributed by atoms with Crippen LogP contribution in [0.5, 0.6) is 0 Å². The normalized spacial score (nSPS) is 12.3. The van der Waals surface area contributed by atoms with Gasteiger partial charge >= 0.3 is 0 Å². The predicted octanol–water partition coefficient (Wildman–Crippen LogP) is 4.39. The molecule has 0 aliphatic carbocycles. The molecular formula is C18H27N5. The second-order valence-corrected chi connectivity index (χ2v) is 6.60. The molecule has 0 radical (unpaired) electrons. The Bertz CT molecular complexity index is 646. The number of nitrogens with zero attached hydrogens (tertiary/aromatic N) is 3. The number of anilines is 3. The third-order valence-corrected chi connectivity index (χ3v) is 3.67. The van der Waals surface area contributed by atoms with Gasteiger partial charge in [-0.1, -0.05) is 32.0 Å². The first kappa shape index (κ1) is 17.2. The second-order valence-electron chi connectivity index (χ2n) is 6.60. The van der Waals surface area contributed by atoms with Gasteiger partial charge in [0.2, 0.25) is 11.9 Å². The number of benzene rings is 1. The Morgan fingerprint density at radius 2 is 1.52 bits per heavy atom. The summed E-state index contributed by atoms with van der Waals surface area (Å²) in [5.74, 6) is 2.54. The summed E-state index contributed by atoms with van der Waals surface area (Å²) < 4.78 is 0. The lowest BCUT2D eigenvalue weighted by molar-refractivity contribution is 0.537. The van der Waals surface area contributed by atoms with Gasteiger partial charge in [0.25, 0.3) is 0 Å². The zero-order chi connectivity index (χ0) is 17.0. The van der Waals surface area contributed by atoms with E-state index in [2.05, 4.69) is 78.4 Å². The van der Waals surface area contributed by atoms with E-state index in [0.29, 0.717) is 29.7 Å². The van der Waals surface area contributed by atoms with Crippen molar-refractivity contribution in [3.63, 3.8) is 0 Å². The first-order valence-corrected chi connectivity index (χ1v) is 8.17. The van der Waals surface area contributed by atoms with Crippen molar-refractivity contribution in [2.24, 2.45) is 5.92 Å².